The zero-order chi connectivity index (χ0) is 21.7. The van der Waals surface area contributed by atoms with Crippen molar-refractivity contribution in [2.45, 2.75) is 38.9 Å². The molecule has 0 aliphatic heterocycles. The zero-order valence-corrected chi connectivity index (χ0v) is 16.1. The van der Waals surface area contributed by atoms with Gasteiger partial charge in [0.25, 0.3) is 5.91 Å². The van der Waals surface area contributed by atoms with Gasteiger partial charge in [-0.2, -0.15) is 13.2 Å². The van der Waals surface area contributed by atoms with E-state index in [4.69, 9.17) is 4.74 Å². The summed E-state index contributed by atoms with van der Waals surface area (Å²) in [5.41, 5.74) is 1.26. The second-order valence-electron chi connectivity index (χ2n) is 6.88. The second kappa shape index (κ2) is 9.06. The Morgan fingerprint density at radius 1 is 1.23 bits per heavy atom. The van der Waals surface area contributed by atoms with Crippen LogP contribution in [0.3, 0.4) is 0 Å². The Kier molecular flexibility index (Phi) is 6.48. The van der Waals surface area contributed by atoms with E-state index in [9.17, 15) is 22.8 Å². The standard InChI is InChI=1S/C19H20F3N5O3/c1-11-8-14(26-18(25-11)27-16(28)13-3-4-13)17(29)24-10-12-2-5-15(23-9-12)30-7-6-19(20,21)22/h2,5,8-9,13H,3-4,6-7,10H2,1H3,(H,24,29)(H,25,26,27,28). The maximum Gasteiger partial charge on any atom is 0.392 e. The summed E-state index contributed by atoms with van der Waals surface area (Å²) in [5, 5.41) is 5.28. The van der Waals surface area contributed by atoms with Crippen LogP contribution in [-0.2, 0) is 11.3 Å². The first-order valence-electron chi connectivity index (χ1n) is 9.29. The molecule has 0 bridgehead atoms. The number of hydrogen-bond acceptors (Lipinski definition) is 6. The number of aryl methyl sites for hydroxylation is 1. The molecule has 3 rings (SSSR count). The number of aromatic nitrogens is 3. The Morgan fingerprint density at radius 2 is 2.00 bits per heavy atom. The van der Waals surface area contributed by atoms with Crippen LogP contribution in [0.1, 0.15) is 41.0 Å². The average Bonchev–Trinajstić information content (AvgIpc) is 3.51. The van der Waals surface area contributed by atoms with Crippen molar-refractivity contribution >= 4 is 17.8 Å². The number of ether oxygens (including phenoxy) is 1. The molecule has 2 aromatic rings. The van der Waals surface area contributed by atoms with Crippen molar-refractivity contribution in [3.63, 3.8) is 0 Å². The first-order valence-corrected chi connectivity index (χ1v) is 9.29. The van der Waals surface area contributed by atoms with E-state index < -0.39 is 25.1 Å². The average molecular weight is 423 g/mol. The zero-order valence-electron chi connectivity index (χ0n) is 16.1. The van der Waals surface area contributed by atoms with Gasteiger partial charge in [-0.25, -0.2) is 15.0 Å². The first-order chi connectivity index (χ1) is 14.2. The van der Waals surface area contributed by atoms with E-state index in [2.05, 4.69) is 25.6 Å². The lowest BCUT2D eigenvalue weighted by molar-refractivity contribution is -0.139. The summed E-state index contributed by atoms with van der Waals surface area (Å²) in [6.45, 7) is 1.30. The van der Waals surface area contributed by atoms with E-state index in [0.717, 1.165) is 12.8 Å². The predicted molar refractivity (Wildman–Crippen MR) is 99.7 cm³/mol. The van der Waals surface area contributed by atoms with E-state index in [0.29, 0.717) is 11.3 Å². The summed E-state index contributed by atoms with van der Waals surface area (Å²) in [5.74, 6) is -0.487. The van der Waals surface area contributed by atoms with E-state index in [1.54, 1.807) is 13.0 Å². The molecule has 1 fully saturated rings. The largest absolute Gasteiger partial charge is 0.477 e. The SMILES string of the molecule is Cc1cc(C(=O)NCc2ccc(OCCC(F)(F)F)nc2)nc(NC(=O)C2CC2)n1. The number of rotatable bonds is 8. The first kappa shape index (κ1) is 21.5. The Balaban J connectivity index is 1.52. The fraction of sp³-hybridized carbons (Fsp3) is 0.421. The summed E-state index contributed by atoms with van der Waals surface area (Å²) in [7, 11) is 0. The lowest BCUT2D eigenvalue weighted by Gasteiger charge is -2.09. The number of halogens is 3. The van der Waals surface area contributed by atoms with Crippen LogP contribution in [0.4, 0.5) is 19.1 Å². The molecule has 1 saturated carbocycles. The minimum Gasteiger partial charge on any atom is -0.477 e. The predicted octanol–water partition coefficient (Wildman–Crippen LogP) is 2.79. The van der Waals surface area contributed by atoms with Gasteiger partial charge in [-0.15, -0.1) is 0 Å². The maximum atomic E-state index is 12.4. The lowest BCUT2D eigenvalue weighted by atomic mass is 10.2. The summed E-state index contributed by atoms with van der Waals surface area (Å²) in [4.78, 5) is 36.4. The molecule has 160 valence electrons. The number of nitrogens with zero attached hydrogens (tertiary/aromatic N) is 3. The number of carbonyl (C=O) groups is 2. The molecule has 2 heterocycles. The summed E-state index contributed by atoms with van der Waals surface area (Å²) in [6.07, 6.45) is -2.27. The fourth-order valence-corrected chi connectivity index (χ4v) is 2.44. The number of pyridine rings is 1. The quantitative estimate of drug-likeness (QED) is 0.676. The number of hydrogen-bond donors (Lipinski definition) is 2. The Morgan fingerprint density at radius 3 is 2.63 bits per heavy atom. The van der Waals surface area contributed by atoms with Crippen molar-refractivity contribution in [1.29, 1.82) is 0 Å². The van der Waals surface area contributed by atoms with Gasteiger partial charge < -0.3 is 10.1 Å². The number of alkyl halides is 3. The highest BCUT2D eigenvalue weighted by atomic mass is 19.4. The Bertz CT molecular complexity index is 915. The van der Waals surface area contributed by atoms with Gasteiger partial charge in [0.15, 0.2) is 0 Å². The third-order valence-electron chi connectivity index (χ3n) is 4.16. The van der Waals surface area contributed by atoms with Crippen molar-refractivity contribution in [3.05, 3.63) is 41.3 Å². The molecule has 0 saturated heterocycles. The smallest absolute Gasteiger partial charge is 0.392 e. The molecule has 30 heavy (non-hydrogen) atoms. The van der Waals surface area contributed by atoms with Crippen LogP contribution < -0.4 is 15.4 Å². The molecule has 2 N–H and O–H groups in total. The molecule has 1 aliphatic rings. The third-order valence-corrected chi connectivity index (χ3v) is 4.16. The topological polar surface area (TPSA) is 106 Å². The van der Waals surface area contributed by atoms with Crippen LogP contribution in [0, 0.1) is 12.8 Å². The highest BCUT2D eigenvalue weighted by Crippen LogP contribution is 2.29. The summed E-state index contributed by atoms with van der Waals surface area (Å²) >= 11 is 0. The van der Waals surface area contributed by atoms with Gasteiger partial charge in [0.2, 0.25) is 17.7 Å². The van der Waals surface area contributed by atoms with E-state index in [1.165, 1.54) is 18.3 Å². The molecule has 0 unspecified atom stereocenters. The van der Waals surface area contributed by atoms with Gasteiger partial charge in [-0.1, -0.05) is 6.07 Å². The van der Waals surface area contributed by atoms with E-state index >= 15 is 0 Å². The van der Waals surface area contributed by atoms with Crippen LogP contribution in [0.15, 0.2) is 24.4 Å². The van der Waals surface area contributed by atoms with Crippen LogP contribution in [-0.4, -0.2) is 39.5 Å². The molecule has 8 nitrogen and oxygen atoms in total. The van der Waals surface area contributed by atoms with Crippen molar-refractivity contribution in [2.75, 3.05) is 11.9 Å². The van der Waals surface area contributed by atoms with E-state index in [-0.39, 0.29) is 35.9 Å². The van der Waals surface area contributed by atoms with Crippen molar-refractivity contribution < 1.29 is 27.5 Å². The number of carbonyl (C=O) groups excluding carboxylic acids is 2. The van der Waals surface area contributed by atoms with Crippen molar-refractivity contribution in [2.24, 2.45) is 5.92 Å². The number of nitrogens with one attached hydrogen (secondary N) is 2. The Hall–Kier alpha value is -3.24. The highest BCUT2D eigenvalue weighted by molar-refractivity contribution is 5.95. The molecular formula is C19H20F3N5O3. The molecule has 1 aliphatic carbocycles. The third kappa shape index (κ3) is 6.68. The molecule has 2 amide bonds. The van der Waals surface area contributed by atoms with Crippen LogP contribution in [0.2, 0.25) is 0 Å². The molecule has 0 atom stereocenters. The van der Waals surface area contributed by atoms with Crippen LogP contribution >= 0.6 is 0 Å². The summed E-state index contributed by atoms with van der Waals surface area (Å²) < 4.78 is 41.3. The van der Waals surface area contributed by atoms with Crippen LogP contribution in [0.5, 0.6) is 5.88 Å². The Labute approximate surface area is 170 Å². The molecule has 2 aromatic heterocycles. The fourth-order valence-electron chi connectivity index (χ4n) is 2.44. The van der Waals surface area contributed by atoms with Crippen LogP contribution in [0.25, 0.3) is 0 Å². The second-order valence-corrected chi connectivity index (χ2v) is 6.88. The molecular weight excluding hydrogens is 403 g/mol. The maximum absolute atomic E-state index is 12.4. The monoisotopic (exact) mass is 423 g/mol. The molecule has 0 aromatic carbocycles. The minimum absolute atomic E-state index is 0.0145. The normalized spacial score (nSPS) is 13.6. The van der Waals surface area contributed by atoms with Gasteiger partial charge >= 0.3 is 6.18 Å². The van der Waals surface area contributed by atoms with E-state index in [1.807, 2.05) is 0 Å². The molecule has 0 radical (unpaired) electrons. The van der Waals surface area contributed by atoms with Gasteiger partial charge in [-0.3, -0.25) is 14.9 Å². The van der Waals surface area contributed by atoms with Gasteiger partial charge in [0.1, 0.15) is 5.69 Å². The van der Waals surface area contributed by atoms with Crippen molar-refractivity contribution in [1.82, 2.24) is 20.3 Å². The number of amides is 2. The highest BCUT2D eigenvalue weighted by Gasteiger charge is 2.30. The van der Waals surface area contributed by atoms with Gasteiger partial charge in [-0.05, 0) is 31.4 Å². The number of anilines is 1. The van der Waals surface area contributed by atoms with Crippen molar-refractivity contribution in [3.8, 4) is 5.88 Å². The lowest BCUT2D eigenvalue weighted by Crippen LogP contribution is -2.25. The minimum atomic E-state index is -4.29. The molecule has 0 spiro atoms. The van der Waals surface area contributed by atoms with Gasteiger partial charge in [0, 0.05) is 30.4 Å². The van der Waals surface area contributed by atoms with Gasteiger partial charge in [0.05, 0.1) is 13.0 Å². The molecule has 11 heteroatoms. The summed E-state index contributed by atoms with van der Waals surface area (Å²) in [6, 6.07) is 4.51.